The molecule has 0 unspecified atom stereocenters. The van der Waals surface area contributed by atoms with Gasteiger partial charge in [0, 0.05) is 25.7 Å². The fourth-order valence-corrected chi connectivity index (χ4v) is 1.95. The van der Waals surface area contributed by atoms with Crippen LogP contribution in [0.5, 0.6) is 0 Å². The molecule has 1 aromatic heterocycles. The standard InChI is InChI=1S/C11H16N2O3/c1-7-3-4-16-10(7)11(15)13(2)8-5-12-6-9(8)14/h3-4,8-9,12,14H,5-6H2,1-2H3/t8-,9-/m0/s1. The van der Waals surface area contributed by atoms with Gasteiger partial charge in [-0.3, -0.25) is 4.79 Å². The molecule has 88 valence electrons. The van der Waals surface area contributed by atoms with Gasteiger partial charge in [0.1, 0.15) is 0 Å². The van der Waals surface area contributed by atoms with E-state index in [2.05, 4.69) is 5.32 Å². The van der Waals surface area contributed by atoms with E-state index in [1.807, 2.05) is 6.92 Å². The molecule has 0 bridgehead atoms. The second-order valence-corrected chi connectivity index (χ2v) is 4.14. The van der Waals surface area contributed by atoms with Gasteiger partial charge in [-0.2, -0.15) is 0 Å². The van der Waals surface area contributed by atoms with E-state index in [4.69, 9.17) is 4.42 Å². The number of carbonyl (C=O) groups excluding carboxylic acids is 1. The fraction of sp³-hybridized carbons (Fsp3) is 0.545. The summed E-state index contributed by atoms with van der Waals surface area (Å²) in [6.45, 7) is 2.97. The molecule has 5 heteroatoms. The van der Waals surface area contributed by atoms with Crippen molar-refractivity contribution in [3.8, 4) is 0 Å². The number of hydrogen-bond donors (Lipinski definition) is 2. The number of hydrogen-bond acceptors (Lipinski definition) is 4. The van der Waals surface area contributed by atoms with Gasteiger partial charge in [0.25, 0.3) is 5.91 Å². The van der Waals surface area contributed by atoms with E-state index in [-0.39, 0.29) is 11.9 Å². The minimum absolute atomic E-state index is 0.183. The van der Waals surface area contributed by atoms with Crippen molar-refractivity contribution in [2.45, 2.75) is 19.1 Å². The molecule has 0 aliphatic carbocycles. The van der Waals surface area contributed by atoms with E-state index in [1.54, 1.807) is 13.1 Å². The number of likely N-dealkylation sites (N-methyl/N-ethyl adjacent to an activating group) is 1. The zero-order chi connectivity index (χ0) is 11.7. The molecule has 1 aliphatic heterocycles. The Morgan fingerprint density at radius 1 is 1.62 bits per heavy atom. The van der Waals surface area contributed by atoms with Crippen molar-refractivity contribution < 1.29 is 14.3 Å². The molecule has 1 amide bonds. The van der Waals surface area contributed by atoms with E-state index in [9.17, 15) is 9.90 Å². The first-order valence-electron chi connectivity index (χ1n) is 5.31. The first-order valence-corrected chi connectivity index (χ1v) is 5.31. The molecule has 0 aromatic carbocycles. The molecule has 2 heterocycles. The van der Waals surface area contributed by atoms with Crippen LogP contribution in [-0.2, 0) is 0 Å². The lowest BCUT2D eigenvalue weighted by Crippen LogP contribution is -2.44. The molecule has 2 atom stereocenters. The highest BCUT2D eigenvalue weighted by Gasteiger charge is 2.32. The van der Waals surface area contributed by atoms with Crippen LogP contribution in [-0.4, -0.2) is 48.2 Å². The minimum Gasteiger partial charge on any atom is -0.459 e. The third-order valence-corrected chi connectivity index (χ3v) is 3.03. The average Bonchev–Trinajstić information content (AvgIpc) is 2.85. The normalized spacial score (nSPS) is 24.7. The Kier molecular flexibility index (Phi) is 2.98. The van der Waals surface area contributed by atoms with Crippen molar-refractivity contribution in [1.29, 1.82) is 0 Å². The maximum atomic E-state index is 12.1. The molecule has 1 fully saturated rings. The molecule has 2 rings (SSSR count). The van der Waals surface area contributed by atoms with Gasteiger partial charge in [-0.25, -0.2) is 0 Å². The maximum absolute atomic E-state index is 12.1. The van der Waals surface area contributed by atoms with Gasteiger partial charge < -0.3 is 19.7 Å². The van der Waals surface area contributed by atoms with Gasteiger partial charge in [0.15, 0.2) is 5.76 Å². The smallest absolute Gasteiger partial charge is 0.289 e. The molecule has 0 spiro atoms. The topological polar surface area (TPSA) is 65.7 Å². The number of aliphatic hydroxyl groups is 1. The number of aliphatic hydroxyl groups excluding tert-OH is 1. The summed E-state index contributed by atoms with van der Waals surface area (Å²) in [6, 6.07) is 1.57. The molecule has 0 radical (unpaired) electrons. The van der Waals surface area contributed by atoms with Gasteiger partial charge in [-0.1, -0.05) is 0 Å². The summed E-state index contributed by atoms with van der Waals surface area (Å²) in [4.78, 5) is 13.6. The Labute approximate surface area is 94.0 Å². The molecule has 1 saturated heterocycles. The van der Waals surface area contributed by atoms with E-state index < -0.39 is 6.10 Å². The van der Waals surface area contributed by atoms with Crippen molar-refractivity contribution in [2.75, 3.05) is 20.1 Å². The fourth-order valence-electron chi connectivity index (χ4n) is 1.95. The van der Waals surface area contributed by atoms with Crippen LogP contribution in [0.2, 0.25) is 0 Å². The number of aryl methyl sites for hydroxylation is 1. The van der Waals surface area contributed by atoms with Crippen LogP contribution in [0.15, 0.2) is 16.7 Å². The third kappa shape index (κ3) is 1.83. The predicted octanol–water partition coefficient (Wildman–Crippen LogP) is -0.00728. The quantitative estimate of drug-likeness (QED) is 0.741. The molecule has 2 N–H and O–H groups in total. The first kappa shape index (κ1) is 11.2. The lowest BCUT2D eigenvalue weighted by molar-refractivity contribution is 0.0552. The van der Waals surface area contributed by atoms with Crippen molar-refractivity contribution in [3.05, 3.63) is 23.7 Å². The number of nitrogens with zero attached hydrogens (tertiary/aromatic N) is 1. The van der Waals surface area contributed by atoms with E-state index in [0.29, 0.717) is 18.8 Å². The minimum atomic E-state index is -0.510. The number of β-amino-alcohol motifs (C(OH)–C–C–N with tert-alkyl or cyclic N) is 1. The van der Waals surface area contributed by atoms with Crippen molar-refractivity contribution in [2.24, 2.45) is 0 Å². The van der Waals surface area contributed by atoms with Crippen molar-refractivity contribution in [1.82, 2.24) is 10.2 Å². The Bertz CT molecular complexity index is 388. The first-order chi connectivity index (χ1) is 7.61. The van der Waals surface area contributed by atoms with Gasteiger partial charge in [0.2, 0.25) is 0 Å². The SMILES string of the molecule is Cc1ccoc1C(=O)N(C)[C@H]1CNC[C@@H]1O. The summed E-state index contributed by atoms with van der Waals surface area (Å²) in [7, 11) is 1.69. The summed E-state index contributed by atoms with van der Waals surface area (Å²) in [6.07, 6.45) is 0.990. The van der Waals surface area contributed by atoms with Gasteiger partial charge in [-0.15, -0.1) is 0 Å². The summed E-state index contributed by atoms with van der Waals surface area (Å²) in [5, 5.41) is 12.7. The average molecular weight is 224 g/mol. The van der Waals surface area contributed by atoms with Crippen LogP contribution < -0.4 is 5.32 Å². The number of nitrogens with one attached hydrogen (secondary N) is 1. The van der Waals surface area contributed by atoms with E-state index >= 15 is 0 Å². The molecular weight excluding hydrogens is 208 g/mol. The highest BCUT2D eigenvalue weighted by atomic mass is 16.3. The van der Waals surface area contributed by atoms with Crippen LogP contribution in [0.3, 0.4) is 0 Å². The third-order valence-electron chi connectivity index (χ3n) is 3.03. The zero-order valence-electron chi connectivity index (χ0n) is 9.43. The molecule has 5 nitrogen and oxygen atoms in total. The van der Waals surface area contributed by atoms with Crippen molar-refractivity contribution >= 4 is 5.91 Å². The summed E-state index contributed by atoms with van der Waals surface area (Å²) in [5.41, 5.74) is 0.817. The van der Waals surface area contributed by atoms with Crippen LogP contribution in [0.4, 0.5) is 0 Å². The lowest BCUT2D eigenvalue weighted by atomic mass is 10.1. The molecular formula is C11H16N2O3. The Balaban J connectivity index is 2.13. The zero-order valence-corrected chi connectivity index (χ0v) is 9.43. The maximum Gasteiger partial charge on any atom is 0.289 e. The van der Waals surface area contributed by atoms with Crippen LogP contribution >= 0.6 is 0 Å². The van der Waals surface area contributed by atoms with Crippen LogP contribution in [0, 0.1) is 6.92 Å². The Morgan fingerprint density at radius 2 is 2.38 bits per heavy atom. The monoisotopic (exact) mass is 224 g/mol. The highest BCUT2D eigenvalue weighted by molar-refractivity contribution is 5.92. The largest absolute Gasteiger partial charge is 0.459 e. The lowest BCUT2D eigenvalue weighted by Gasteiger charge is -2.25. The van der Waals surface area contributed by atoms with Gasteiger partial charge >= 0.3 is 0 Å². The van der Waals surface area contributed by atoms with E-state index in [1.165, 1.54) is 11.2 Å². The summed E-state index contributed by atoms with van der Waals surface area (Å²) < 4.78 is 5.15. The summed E-state index contributed by atoms with van der Waals surface area (Å²) in [5.74, 6) is 0.164. The highest BCUT2D eigenvalue weighted by Crippen LogP contribution is 2.15. The summed E-state index contributed by atoms with van der Waals surface area (Å²) >= 11 is 0. The van der Waals surface area contributed by atoms with Gasteiger partial charge in [-0.05, 0) is 13.0 Å². The molecule has 0 saturated carbocycles. The van der Waals surface area contributed by atoms with Gasteiger partial charge in [0.05, 0.1) is 18.4 Å². The second kappa shape index (κ2) is 4.27. The number of rotatable bonds is 2. The van der Waals surface area contributed by atoms with Crippen molar-refractivity contribution in [3.63, 3.8) is 0 Å². The van der Waals surface area contributed by atoms with Crippen LogP contribution in [0.1, 0.15) is 16.1 Å². The Hall–Kier alpha value is -1.33. The molecule has 16 heavy (non-hydrogen) atoms. The number of furan rings is 1. The predicted molar refractivity (Wildman–Crippen MR) is 58.2 cm³/mol. The van der Waals surface area contributed by atoms with E-state index in [0.717, 1.165) is 5.56 Å². The number of amides is 1. The van der Waals surface area contributed by atoms with Crippen LogP contribution in [0.25, 0.3) is 0 Å². The Morgan fingerprint density at radius 3 is 2.88 bits per heavy atom. The molecule has 1 aliphatic rings. The molecule has 1 aromatic rings. The number of carbonyl (C=O) groups is 1. The second-order valence-electron chi connectivity index (χ2n) is 4.14.